The Bertz CT molecular complexity index is 300. The third kappa shape index (κ3) is 2.82. The molecule has 0 aliphatic heterocycles. The maximum absolute atomic E-state index is 5.79. The van der Waals surface area contributed by atoms with Crippen LogP contribution in [0.25, 0.3) is 0 Å². The molecule has 5 nitrogen and oxygen atoms in total. The van der Waals surface area contributed by atoms with Crippen molar-refractivity contribution >= 4 is 5.95 Å². The summed E-state index contributed by atoms with van der Waals surface area (Å²) in [6.07, 6.45) is 5.16. The minimum atomic E-state index is -0.116. The Morgan fingerprint density at radius 2 is 1.88 bits per heavy atom. The highest BCUT2D eigenvalue weighted by atomic mass is 16.5. The Balaban J connectivity index is 2.77. The second kappa shape index (κ2) is 5.65. The average molecular weight is 224 g/mol. The van der Waals surface area contributed by atoms with Crippen LogP contribution < -0.4 is 15.8 Å². The predicted octanol–water partition coefficient (Wildman–Crippen LogP) is 1.41. The van der Waals surface area contributed by atoms with Gasteiger partial charge in [-0.1, -0.05) is 13.8 Å². The molecule has 0 saturated heterocycles. The van der Waals surface area contributed by atoms with Crippen molar-refractivity contribution in [3.63, 3.8) is 0 Å². The maximum Gasteiger partial charge on any atom is 0.223 e. The zero-order valence-corrected chi connectivity index (χ0v) is 10.2. The molecule has 0 atom stereocenters. The van der Waals surface area contributed by atoms with Crippen molar-refractivity contribution in [1.29, 1.82) is 0 Å². The number of nitrogens with zero attached hydrogens (tertiary/aromatic N) is 2. The van der Waals surface area contributed by atoms with Gasteiger partial charge in [-0.05, 0) is 12.8 Å². The van der Waals surface area contributed by atoms with Gasteiger partial charge in [-0.3, -0.25) is 0 Å². The van der Waals surface area contributed by atoms with Crippen LogP contribution in [0.3, 0.4) is 0 Å². The van der Waals surface area contributed by atoms with Crippen molar-refractivity contribution in [2.24, 2.45) is 5.73 Å². The monoisotopic (exact) mass is 224 g/mol. The molecule has 0 radical (unpaired) electrons. The molecular formula is C11H20N4O. The fourth-order valence-electron chi connectivity index (χ4n) is 1.49. The number of ether oxygens (including phenoxy) is 1. The summed E-state index contributed by atoms with van der Waals surface area (Å²) in [6.45, 7) is 4.77. The second-order valence-corrected chi connectivity index (χ2v) is 3.76. The molecule has 1 aromatic heterocycles. The summed E-state index contributed by atoms with van der Waals surface area (Å²) in [5, 5.41) is 3.29. The van der Waals surface area contributed by atoms with Crippen LogP contribution in [0.15, 0.2) is 12.4 Å². The van der Waals surface area contributed by atoms with E-state index in [0.717, 1.165) is 12.8 Å². The van der Waals surface area contributed by atoms with Gasteiger partial charge in [0.05, 0.1) is 25.0 Å². The summed E-state index contributed by atoms with van der Waals surface area (Å²) >= 11 is 0. The van der Waals surface area contributed by atoms with E-state index in [4.69, 9.17) is 10.5 Å². The summed E-state index contributed by atoms with van der Waals surface area (Å²) < 4.78 is 5.00. The lowest BCUT2D eigenvalue weighted by Gasteiger charge is -2.31. The number of hydrogen-bond acceptors (Lipinski definition) is 5. The van der Waals surface area contributed by atoms with Crippen molar-refractivity contribution in [2.75, 3.05) is 19.0 Å². The molecule has 0 spiro atoms. The largest absolute Gasteiger partial charge is 0.494 e. The fraction of sp³-hybridized carbons (Fsp3) is 0.636. The van der Waals surface area contributed by atoms with Crippen LogP contribution in [0.5, 0.6) is 5.75 Å². The lowest BCUT2D eigenvalue weighted by atomic mass is 9.93. The summed E-state index contributed by atoms with van der Waals surface area (Å²) in [4.78, 5) is 8.35. The van der Waals surface area contributed by atoms with E-state index < -0.39 is 0 Å². The third-order valence-corrected chi connectivity index (χ3v) is 2.99. The number of aromatic nitrogens is 2. The van der Waals surface area contributed by atoms with Gasteiger partial charge in [0.25, 0.3) is 0 Å². The van der Waals surface area contributed by atoms with Crippen LogP contribution in [0.4, 0.5) is 5.95 Å². The number of hydrogen-bond donors (Lipinski definition) is 2. The molecule has 90 valence electrons. The van der Waals surface area contributed by atoms with Gasteiger partial charge in [-0.25, -0.2) is 9.97 Å². The molecular weight excluding hydrogens is 204 g/mol. The van der Waals surface area contributed by atoms with Crippen LogP contribution in [0.1, 0.15) is 26.7 Å². The molecule has 0 aliphatic carbocycles. The highest BCUT2D eigenvalue weighted by Gasteiger charge is 2.24. The molecule has 0 aliphatic rings. The van der Waals surface area contributed by atoms with E-state index >= 15 is 0 Å². The first-order valence-corrected chi connectivity index (χ1v) is 5.54. The van der Waals surface area contributed by atoms with Crippen molar-refractivity contribution in [3.8, 4) is 5.75 Å². The summed E-state index contributed by atoms with van der Waals surface area (Å²) in [6, 6.07) is 0. The number of anilines is 1. The Labute approximate surface area is 96.4 Å². The van der Waals surface area contributed by atoms with Gasteiger partial charge < -0.3 is 15.8 Å². The van der Waals surface area contributed by atoms with E-state index in [1.165, 1.54) is 0 Å². The molecule has 0 saturated carbocycles. The van der Waals surface area contributed by atoms with E-state index in [9.17, 15) is 0 Å². The fourth-order valence-corrected chi connectivity index (χ4v) is 1.49. The van der Waals surface area contributed by atoms with Gasteiger partial charge in [0.1, 0.15) is 0 Å². The summed E-state index contributed by atoms with van der Waals surface area (Å²) in [5.74, 6) is 1.24. The van der Waals surface area contributed by atoms with E-state index in [1.54, 1.807) is 19.5 Å². The number of nitrogens with two attached hydrogens (primary N) is 1. The molecule has 1 rings (SSSR count). The van der Waals surface area contributed by atoms with E-state index in [2.05, 4.69) is 29.1 Å². The topological polar surface area (TPSA) is 73.1 Å². The molecule has 0 fully saturated rings. The first kappa shape index (κ1) is 12.7. The van der Waals surface area contributed by atoms with Crippen molar-refractivity contribution < 1.29 is 4.74 Å². The van der Waals surface area contributed by atoms with E-state index in [1.807, 2.05) is 0 Å². The summed E-state index contributed by atoms with van der Waals surface area (Å²) in [7, 11) is 1.59. The van der Waals surface area contributed by atoms with Crippen molar-refractivity contribution in [2.45, 2.75) is 32.2 Å². The van der Waals surface area contributed by atoms with Crippen LogP contribution in [-0.4, -0.2) is 29.2 Å². The Hall–Kier alpha value is -1.36. The van der Waals surface area contributed by atoms with Gasteiger partial charge in [-0.15, -0.1) is 0 Å². The molecule has 0 aromatic carbocycles. The Morgan fingerprint density at radius 3 is 2.25 bits per heavy atom. The van der Waals surface area contributed by atoms with Gasteiger partial charge >= 0.3 is 0 Å². The average Bonchev–Trinajstić information content (AvgIpc) is 2.37. The standard InChI is InChI=1S/C11H20N4O/c1-4-11(5-2,8-12)15-10-13-6-9(16-3)7-14-10/h6-7H,4-5,8,12H2,1-3H3,(H,13,14,15). The lowest BCUT2D eigenvalue weighted by molar-refractivity contribution is 0.409. The van der Waals surface area contributed by atoms with Gasteiger partial charge in [0.2, 0.25) is 5.95 Å². The zero-order chi connectivity index (χ0) is 12.0. The predicted molar refractivity (Wildman–Crippen MR) is 64.6 cm³/mol. The number of rotatable bonds is 6. The third-order valence-electron chi connectivity index (χ3n) is 2.99. The molecule has 1 aromatic rings. The smallest absolute Gasteiger partial charge is 0.223 e. The molecule has 0 unspecified atom stereocenters. The molecule has 1 heterocycles. The minimum absolute atomic E-state index is 0.116. The lowest BCUT2D eigenvalue weighted by Crippen LogP contribution is -2.44. The Morgan fingerprint density at radius 1 is 1.31 bits per heavy atom. The molecule has 0 amide bonds. The number of nitrogens with one attached hydrogen (secondary N) is 1. The maximum atomic E-state index is 5.79. The highest BCUT2D eigenvalue weighted by Crippen LogP contribution is 2.19. The quantitative estimate of drug-likeness (QED) is 0.764. The SMILES string of the molecule is CCC(CC)(CN)Nc1ncc(OC)cn1. The highest BCUT2D eigenvalue weighted by molar-refractivity contribution is 5.31. The van der Waals surface area contributed by atoms with E-state index in [-0.39, 0.29) is 5.54 Å². The second-order valence-electron chi connectivity index (χ2n) is 3.76. The normalized spacial score (nSPS) is 11.2. The van der Waals surface area contributed by atoms with Crippen molar-refractivity contribution in [3.05, 3.63) is 12.4 Å². The first-order chi connectivity index (χ1) is 7.69. The molecule has 0 bridgehead atoms. The van der Waals surface area contributed by atoms with Gasteiger partial charge in [0.15, 0.2) is 5.75 Å². The van der Waals surface area contributed by atoms with Crippen molar-refractivity contribution in [1.82, 2.24) is 9.97 Å². The van der Waals surface area contributed by atoms with Crippen LogP contribution in [0.2, 0.25) is 0 Å². The zero-order valence-electron chi connectivity index (χ0n) is 10.2. The van der Waals surface area contributed by atoms with Crippen LogP contribution >= 0.6 is 0 Å². The first-order valence-electron chi connectivity index (χ1n) is 5.54. The Kier molecular flexibility index (Phi) is 4.49. The number of methoxy groups -OCH3 is 1. The minimum Gasteiger partial charge on any atom is -0.494 e. The van der Waals surface area contributed by atoms with Crippen LogP contribution in [-0.2, 0) is 0 Å². The summed E-state index contributed by atoms with van der Waals surface area (Å²) in [5.41, 5.74) is 5.67. The van der Waals surface area contributed by atoms with E-state index in [0.29, 0.717) is 18.2 Å². The molecule has 16 heavy (non-hydrogen) atoms. The van der Waals surface area contributed by atoms with Gasteiger partial charge in [-0.2, -0.15) is 0 Å². The van der Waals surface area contributed by atoms with Gasteiger partial charge in [0, 0.05) is 6.54 Å². The molecule has 3 N–H and O–H groups in total. The van der Waals surface area contributed by atoms with Crippen LogP contribution in [0, 0.1) is 0 Å². The molecule has 5 heteroatoms.